The van der Waals surface area contributed by atoms with E-state index in [0.29, 0.717) is 5.96 Å². The summed E-state index contributed by atoms with van der Waals surface area (Å²) in [6.45, 7) is 2.60. The first-order valence-corrected chi connectivity index (χ1v) is 5.34. The number of nitrogens with zero attached hydrogens (tertiary/aromatic N) is 2. The van der Waals surface area contributed by atoms with Crippen LogP contribution in [0.25, 0.3) is 0 Å². The smallest absolute Gasteiger partial charge is 0.191 e. The Kier molecular flexibility index (Phi) is 2.72. The van der Waals surface area contributed by atoms with Crippen molar-refractivity contribution in [2.24, 2.45) is 10.7 Å². The Morgan fingerprint density at radius 3 is 2.64 bits per heavy atom. The molecule has 1 aromatic rings. The monoisotopic (exact) mass is 253 g/mol. The van der Waals surface area contributed by atoms with Crippen molar-refractivity contribution >= 4 is 21.9 Å². The molecule has 0 saturated carbocycles. The first kappa shape index (κ1) is 9.52. The molecule has 0 atom stereocenters. The van der Waals surface area contributed by atoms with Crippen molar-refractivity contribution in [1.29, 1.82) is 0 Å². The van der Waals surface area contributed by atoms with Gasteiger partial charge in [0, 0.05) is 17.6 Å². The van der Waals surface area contributed by atoms with Crippen LogP contribution < -0.4 is 5.73 Å². The molecule has 0 aliphatic carbocycles. The molecule has 4 heteroatoms. The van der Waals surface area contributed by atoms with Gasteiger partial charge in [0.1, 0.15) is 0 Å². The molecule has 3 nitrogen and oxygen atoms in total. The average Bonchev–Trinajstić information content (AvgIpc) is 2.56. The molecule has 0 spiro atoms. The summed E-state index contributed by atoms with van der Waals surface area (Å²) in [7, 11) is 0. The highest BCUT2D eigenvalue weighted by molar-refractivity contribution is 9.10. The molecule has 1 aliphatic rings. The average molecular weight is 254 g/mol. The molecule has 2 N–H and O–H groups in total. The summed E-state index contributed by atoms with van der Waals surface area (Å²) in [5, 5.41) is 0. The van der Waals surface area contributed by atoms with E-state index in [-0.39, 0.29) is 0 Å². The summed E-state index contributed by atoms with van der Waals surface area (Å²) in [5.74, 6) is 0.660. The maximum absolute atomic E-state index is 5.72. The van der Waals surface area contributed by atoms with Gasteiger partial charge in [-0.25, -0.2) is 0 Å². The third-order valence-electron chi connectivity index (χ3n) is 2.25. The van der Waals surface area contributed by atoms with Gasteiger partial charge in [0.15, 0.2) is 5.96 Å². The van der Waals surface area contributed by atoms with Crippen LogP contribution in [0.15, 0.2) is 33.7 Å². The molecule has 0 bridgehead atoms. The van der Waals surface area contributed by atoms with Crippen molar-refractivity contribution < 1.29 is 0 Å². The molecule has 1 heterocycles. The molecule has 74 valence electrons. The van der Waals surface area contributed by atoms with Gasteiger partial charge in [0.05, 0.1) is 6.54 Å². The molecule has 0 unspecified atom stereocenters. The van der Waals surface area contributed by atoms with E-state index in [1.54, 1.807) is 0 Å². The molecule has 0 aromatic heterocycles. The van der Waals surface area contributed by atoms with Crippen LogP contribution in [-0.2, 0) is 6.54 Å². The van der Waals surface area contributed by atoms with E-state index in [1.807, 2.05) is 12.1 Å². The lowest BCUT2D eigenvalue weighted by molar-refractivity contribution is 0.448. The summed E-state index contributed by atoms with van der Waals surface area (Å²) in [4.78, 5) is 6.23. The maximum Gasteiger partial charge on any atom is 0.191 e. The maximum atomic E-state index is 5.72. The van der Waals surface area contributed by atoms with Crippen molar-refractivity contribution in [2.75, 3.05) is 13.1 Å². The van der Waals surface area contributed by atoms with Gasteiger partial charge in [0.25, 0.3) is 0 Å². The molecular weight excluding hydrogens is 242 g/mol. The fourth-order valence-electron chi connectivity index (χ4n) is 1.47. The van der Waals surface area contributed by atoms with Crippen LogP contribution in [0.5, 0.6) is 0 Å². The minimum atomic E-state index is 0.660. The highest BCUT2D eigenvalue weighted by atomic mass is 79.9. The molecule has 14 heavy (non-hydrogen) atoms. The summed E-state index contributed by atoms with van der Waals surface area (Å²) in [5.41, 5.74) is 6.98. The van der Waals surface area contributed by atoms with Crippen molar-refractivity contribution in [3.8, 4) is 0 Å². The Bertz CT molecular complexity index is 345. The second kappa shape index (κ2) is 4.00. The minimum Gasteiger partial charge on any atom is -0.370 e. The summed E-state index contributed by atoms with van der Waals surface area (Å²) < 4.78 is 1.10. The van der Waals surface area contributed by atoms with E-state index in [4.69, 9.17) is 5.73 Å². The van der Waals surface area contributed by atoms with Gasteiger partial charge < -0.3 is 10.6 Å². The molecule has 0 fully saturated rings. The van der Waals surface area contributed by atoms with Crippen LogP contribution in [-0.4, -0.2) is 23.9 Å². The highest BCUT2D eigenvalue weighted by Crippen LogP contribution is 2.13. The molecule has 1 aromatic carbocycles. The number of benzene rings is 1. The summed E-state index contributed by atoms with van der Waals surface area (Å²) in [6, 6.07) is 8.27. The van der Waals surface area contributed by atoms with E-state index in [0.717, 1.165) is 24.1 Å². The largest absolute Gasteiger partial charge is 0.370 e. The number of hydrogen-bond acceptors (Lipinski definition) is 3. The number of aliphatic imine (C=N–C) groups is 1. The van der Waals surface area contributed by atoms with Gasteiger partial charge in [0.2, 0.25) is 0 Å². The van der Waals surface area contributed by atoms with E-state index in [2.05, 4.69) is 38.0 Å². The zero-order valence-corrected chi connectivity index (χ0v) is 9.37. The van der Waals surface area contributed by atoms with Crippen LogP contribution >= 0.6 is 15.9 Å². The summed E-state index contributed by atoms with van der Waals surface area (Å²) in [6.07, 6.45) is 0. The fraction of sp³-hybridized carbons (Fsp3) is 0.300. The number of hydrogen-bond donors (Lipinski definition) is 1. The second-order valence-corrected chi connectivity index (χ2v) is 4.20. The standard InChI is InChI=1S/C10H12BrN3/c11-9-3-1-8(2-4-9)7-14-6-5-13-10(14)12/h1-4H,5-7H2,(H2,12,13). The van der Waals surface area contributed by atoms with Crippen LogP contribution in [0.4, 0.5) is 0 Å². The van der Waals surface area contributed by atoms with Crippen molar-refractivity contribution in [1.82, 2.24) is 4.90 Å². The van der Waals surface area contributed by atoms with Gasteiger partial charge >= 0.3 is 0 Å². The van der Waals surface area contributed by atoms with E-state index in [9.17, 15) is 0 Å². The zero-order chi connectivity index (χ0) is 9.97. The lowest BCUT2D eigenvalue weighted by Crippen LogP contribution is -2.33. The fourth-order valence-corrected chi connectivity index (χ4v) is 1.73. The van der Waals surface area contributed by atoms with Crippen LogP contribution in [0.3, 0.4) is 0 Å². The van der Waals surface area contributed by atoms with Crippen molar-refractivity contribution in [3.05, 3.63) is 34.3 Å². The van der Waals surface area contributed by atoms with Gasteiger partial charge in [-0.3, -0.25) is 4.99 Å². The van der Waals surface area contributed by atoms with Gasteiger partial charge in [-0.05, 0) is 17.7 Å². The first-order valence-electron chi connectivity index (χ1n) is 4.55. The van der Waals surface area contributed by atoms with Crippen molar-refractivity contribution in [2.45, 2.75) is 6.54 Å². The quantitative estimate of drug-likeness (QED) is 0.870. The van der Waals surface area contributed by atoms with E-state index >= 15 is 0 Å². The predicted octanol–water partition coefficient (Wildman–Crippen LogP) is 1.58. The Hall–Kier alpha value is -1.03. The Morgan fingerprint density at radius 1 is 1.36 bits per heavy atom. The van der Waals surface area contributed by atoms with Gasteiger partial charge in [-0.15, -0.1) is 0 Å². The molecule has 1 aliphatic heterocycles. The minimum absolute atomic E-state index is 0.660. The number of rotatable bonds is 2. The Morgan fingerprint density at radius 2 is 2.07 bits per heavy atom. The van der Waals surface area contributed by atoms with Crippen LogP contribution in [0, 0.1) is 0 Å². The SMILES string of the molecule is NC1=NCCN1Cc1ccc(Br)cc1. The van der Waals surface area contributed by atoms with E-state index < -0.39 is 0 Å². The number of nitrogens with two attached hydrogens (primary N) is 1. The molecule has 0 radical (unpaired) electrons. The van der Waals surface area contributed by atoms with Crippen LogP contribution in [0.2, 0.25) is 0 Å². The van der Waals surface area contributed by atoms with Crippen LogP contribution in [0.1, 0.15) is 5.56 Å². The Labute approximate surface area is 91.7 Å². The molecular formula is C10H12BrN3. The second-order valence-electron chi connectivity index (χ2n) is 3.29. The van der Waals surface area contributed by atoms with Gasteiger partial charge in [-0.2, -0.15) is 0 Å². The lowest BCUT2D eigenvalue weighted by Gasteiger charge is -2.17. The third kappa shape index (κ3) is 2.07. The zero-order valence-electron chi connectivity index (χ0n) is 7.78. The van der Waals surface area contributed by atoms with Gasteiger partial charge in [-0.1, -0.05) is 28.1 Å². The van der Waals surface area contributed by atoms with Crippen molar-refractivity contribution in [3.63, 3.8) is 0 Å². The Balaban J connectivity index is 2.04. The topological polar surface area (TPSA) is 41.6 Å². The molecule has 0 amide bonds. The predicted molar refractivity (Wildman–Crippen MR) is 61.0 cm³/mol. The molecule has 0 saturated heterocycles. The summed E-state index contributed by atoms with van der Waals surface area (Å²) >= 11 is 3.41. The lowest BCUT2D eigenvalue weighted by atomic mass is 10.2. The first-order chi connectivity index (χ1) is 6.75. The number of halogens is 1. The normalized spacial score (nSPS) is 15.8. The number of guanidine groups is 1. The third-order valence-corrected chi connectivity index (χ3v) is 2.78. The highest BCUT2D eigenvalue weighted by Gasteiger charge is 2.12. The van der Waals surface area contributed by atoms with E-state index in [1.165, 1.54) is 5.56 Å². The molecule has 2 rings (SSSR count).